The first kappa shape index (κ1) is 34.1. The molecule has 4 heavy (non-hydrogen) atoms. The molecule has 1 N–H and O–H groups in total. The third-order valence-corrected chi connectivity index (χ3v) is 0. The van der Waals surface area contributed by atoms with Gasteiger partial charge >= 0.3 is 52.6 Å². The normalized spacial score (nSPS) is 0. The van der Waals surface area contributed by atoms with Crippen molar-refractivity contribution in [3.05, 3.63) is 0 Å². The van der Waals surface area contributed by atoms with Crippen molar-refractivity contribution < 1.29 is 22.5 Å². The van der Waals surface area contributed by atoms with Crippen LogP contribution in [0, 0.1) is 0 Å². The van der Waals surface area contributed by atoms with E-state index in [9.17, 15) is 0 Å². The van der Waals surface area contributed by atoms with Gasteiger partial charge in [0.2, 0.25) is 0 Å². The fourth-order valence-corrected chi connectivity index (χ4v) is 0. The van der Waals surface area contributed by atoms with E-state index in [1.54, 1.807) is 0 Å². The van der Waals surface area contributed by atoms with E-state index in [0.717, 1.165) is 0 Å². The van der Waals surface area contributed by atoms with Crippen LogP contribution in [0.5, 0.6) is 0 Å². The molecule has 0 saturated heterocycles. The molecule has 0 unspecified atom stereocenters. The zero-order valence-corrected chi connectivity index (χ0v) is 5.01. The largest absolute Gasteiger partial charge is 0.870 e. The molecule has 0 aromatic rings. The van der Waals surface area contributed by atoms with Crippen LogP contribution in [0.1, 0.15) is 0 Å². The summed E-state index contributed by atoms with van der Waals surface area (Å²) in [5.41, 5.74) is 0. The second-order valence-corrected chi connectivity index (χ2v) is 0. The zero-order chi connectivity index (χ0) is 0. The van der Waals surface area contributed by atoms with Crippen LogP contribution >= 0.6 is 0 Å². The molecule has 0 aliphatic heterocycles. The summed E-state index contributed by atoms with van der Waals surface area (Å²) in [6.45, 7) is 0. The van der Waals surface area contributed by atoms with E-state index < -0.39 is 0 Å². The van der Waals surface area contributed by atoms with Gasteiger partial charge in [0.25, 0.3) is 0 Å². The summed E-state index contributed by atoms with van der Waals surface area (Å²) < 4.78 is 0. The van der Waals surface area contributed by atoms with Gasteiger partial charge in [-0.15, -0.1) is 0 Å². The van der Waals surface area contributed by atoms with Crippen molar-refractivity contribution >= 4 is 52.6 Å². The molecular weight excluding hydrogens is 118 g/mol. The smallest absolute Gasteiger partial charge is 0.870 e. The van der Waals surface area contributed by atoms with Crippen molar-refractivity contribution in [2.45, 2.75) is 0 Å². The Balaban J connectivity index is 0. The van der Waals surface area contributed by atoms with Crippen LogP contribution in [0.3, 0.4) is 0 Å². The molecule has 1 radical (unpaired) electrons. The summed E-state index contributed by atoms with van der Waals surface area (Å²) >= 11 is 0. The van der Waals surface area contributed by atoms with E-state index in [1.807, 2.05) is 0 Å². The Kier molecular flexibility index (Phi) is 160. The Hall–Kier alpha value is 2.25. The Labute approximate surface area is 74.1 Å². The van der Waals surface area contributed by atoms with Gasteiger partial charge in [0.1, 0.15) is 0 Å². The van der Waals surface area contributed by atoms with Gasteiger partial charge in [0.15, 0.2) is 0 Å². The zero-order valence-electron chi connectivity index (χ0n) is 1.83. The van der Waals surface area contributed by atoms with Gasteiger partial charge in [-0.1, -0.05) is 0 Å². The molecule has 0 bridgehead atoms. The Morgan fingerprint density at radius 3 is 1.00 bits per heavy atom. The molecule has 0 rings (SSSR count). The molecule has 0 aliphatic carbocycles. The number of hydrogen-bond donors (Lipinski definition) is 0. The van der Waals surface area contributed by atoms with E-state index in [4.69, 9.17) is 0 Å². The van der Waals surface area contributed by atoms with Crippen molar-refractivity contribution in [2.75, 3.05) is 0 Å². The third-order valence-electron chi connectivity index (χ3n) is 0. The maximum absolute atomic E-state index is 0. The van der Waals surface area contributed by atoms with Crippen molar-refractivity contribution in [2.24, 2.45) is 0 Å². The maximum Gasteiger partial charge on any atom is -0.870 e. The molecule has 0 fully saturated rings. The number of rotatable bonds is 0. The first-order valence-electron chi connectivity index (χ1n) is 0. The van der Waals surface area contributed by atoms with Gasteiger partial charge in [0, 0.05) is 17.1 Å². The minimum absolute atomic E-state index is 0. The molecule has 0 amide bonds. The van der Waals surface area contributed by atoms with Crippen molar-refractivity contribution in [1.82, 2.24) is 0 Å². The summed E-state index contributed by atoms with van der Waals surface area (Å²) in [5.74, 6) is 0. The van der Waals surface area contributed by atoms with E-state index in [2.05, 4.69) is 0 Å². The summed E-state index contributed by atoms with van der Waals surface area (Å²) in [5, 5.41) is 0. The van der Waals surface area contributed by atoms with Gasteiger partial charge in [-0.2, -0.15) is 0 Å². The first-order valence-corrected chi connectivity index (χ1v) is 0. The van der Waals surface area contributed by atoms with Gasteiger partial charge in [0.05, 0.1) is 0 Å². The molecule has 0 aromatic carbocycles. The van der Waals surface area contributed by atoms with E-state index >= 15 is 0 Å². The monoisotopic (exact) mass is 121 g/mol. The van der Waals surface area contributed by atoms with Crippen LogP contribution in [0.25, 0.3) is 0 Å². The van der Waals surface area contributed by atoms with Gasteiger partial charge in [-0.3, -0.25) is 0 Å². The van der Waals surface area contributed by atoms with Crippen LogP contribution in [0.4, 0.5) is 0 Å². The minimum Gasteiger partial charge on any atom is -0.870 e. The molecule has 0 atom stereocenters. The van der Waals surface area contributed by atoms with E-state index in [-0.39, 0.29) is 75.2 Å². The standard InChI is InChI=1S/Mg.Mn.Na.H2O.2H/h;;;1H2;;/q+1;;;;;/p-1. The second kappa shape index (κ2) is 18.7. The molecular formula is H3MgMnNaO. The molecule has 0 saturated carbocycles. The van der Waals surface area contributed by atoms with Crippen molar-refractivity contribution in [3.8, 4) is 0 Å². The summed E-state index contributed by atoms with van der Waals surface area (Å²) in [7, 11) is 0. The first-order chi connectivity index (χ1) is 0. The minimum atomic E-state index is 0. The van der Waals surface area contributed by atoms with E-state index in [1.165, 1.54) is 0 Å². The molecule has 4 heteroatoms. The molecule has 1 nitrogen and oxygen atoms in total. The summed E-state index contributed by atoms with van der Waals surface area (Å²) in [4.78, 5) is 0. The average molecular weight is 121 g/mol. The predicted octanol–water partition coefficient (Wildman–Crippen LogP) is -1.48. The molecule has 0 aliphatic rings. The van der Waals surface area contributed by atoms with Crippen LogP contribution in [-0.2, 0) is 17.1 Å². The van der Waals surface area contributed by atoms with Crippen LogP contribution < -0.4 is 0 Å². The summed E-state index contributed by atoms with van der Waals surface area (Å²) in [6.07, 6.45) is 0. The van der Waals surface area contributed by atoms with Crippen LogP contribution in [0.2, 0.25) is 0 Å². The summed E-state index contributed by atoms with van der Waals surface area (Å²) in [6, 6.07) is 0. The average Bonchev–Trinajstić information content (AvgIpc) is 0. The quantitative estimate of drug-likeness (QED) is 0.360. The van der Waals surface area contributed by atoms with E-state index in [0.29, 0.717) is 0 Å². The SMILES string of the molecule is [MgH+].[Mn].[NaH].[OH-]. The van der Waals surface area contributed by atoms with Crippen LogP contribution in [-0.4, -0.2) is 58.1 Å². The van der Waals surface area contributed by atoms with Crippen molar-refractivity contribution in [1.29, 1.82) is 0 Å². The fraction of sp³-hybridized carbons (Fsp3) is 0. The Morgan fingerprint density at radius 2 is 1.00 bits per heavy atom. The third kappa shape index (κ3) is 8.87. The van der Waals surface area contributed by atoms with Gasteiger partial charge < -0.3 is 5.48 Å². The molecule has 19 valence electrons. The molecule has 0 heterocycles. The Morgan fingerprint density at radius 1 is 1.00 bits per heavy atom. The second-order valence-electron chi connectivity index (χ2n) is 0. The molecule has 0 spiro atoms. The Bertz CT molecular complexity index is 8.00. The van der Waals surface area contributed by atoms with Crippen LogP contribution in [0.15, 0.2) is 0 Å². The van der Waals surface area contributed by atoms with Gasteiger partial charge in [-0.05, 0) is 0 Å². The van der Waals surface area contributed by atoms with Gasteiger partial charge in [-0.25, -0.2) is 0 Å². The number of hydrogen-bond acceptors (Lipinski definition) is 1. The topological polar surface area (TPSA) is 30.0 Å². The van der Waals surface area contributed by atoms with Crippen molar-refractivity contribution in [3.63, 3.8) is 0 Å². The fourth-order valence-electron chi connectivity index (χ4n) is 0. The predicted molar refractivity (Wildman–Crippen MR) is 16.2 cm³/mol. The maximum atomic E-state index is 0. The molecule has 0 aromatic heterocycles.